The van der Waals surface area contributed by atoms with E-state index in [9.17, 15) is 4.79 Å². The molecule has 3 saturated heterocycles. The van der Waals surface area contributed by atoms with Gasteiger partial charge in [-0.3, -0.25) is 4.79 Å². The Morgan fingerprint density at radius 3 is 2.67 bits per heavy atom. The molecular weight excluding hydrogens is 190 g/mol. The van der Waals surface area contributed by atoms with Gasteiger partial charge in [-0.2, -0.15) is 0 Å². The number of carbonyl (C=O) groups is 1. The predicted molar refractivity (Wildman–Crippen MR) is 55.5 cm³/mol. The van der Waals surface area contributed by atoms with Crippen LogP contribution >= 0.6 is 0 Å². The van der Waals surface area contributed by atoms with Crippen molar-refractivity contribution in [1.29, 1.82) is 0 Å². The molecule has 0 aromatic carbocycles. The monoisotopic (exact) mass is 205 g/mol. The van der Waals surface area contributed by atoms with E-state index in [0.717, 1.165) is 37.3 Å². The van der Waals surface area contributed by atoms with Gasteiger partial charge < -0.3 is 9.32 Å². The third-order valence-electron chi connectivity index (χ3n) is 3.65. The number of amides is 1. The number of rotatable bonds is 1. The van der Waals surface area contributed by atoms with E-state index in [1.807, 2.05) is 17.9 Å². The van der Waals surface area contributed by atoms with E-state index in [-0.39, 0.29) is 11.8 Å². The number of fused-ring (bicyclic) bond motifs is 3. The van der Waals surface area contributed by atoms with Gasteiger partial charge in [0.15, 0.2) is 0 Å². The molecule has 1 amide bonds. The van der Waals surface area contributed by atoms with Gasteiger partial charge in [0.05, 0.1) is 12.2 Å². The maximum atomic E-state index is 12.1. The van der Waals surface area contributed by atoms with Crippen LogP contribution in [0.5, 0.6) is 0 Å². The van der Waals surface area contributed by atoms with Crippen LogP contribution in [-0.4, -0.2) is 23.9 Å². The molecule has 0 spiro atoms. The minimum Gasteiger partial charge on any atom is -0.468 e. The molecule has 2 bridgehead atoms. The number of piperidine rings is 3. The quantitative estimate of drug-likeness (QED) is 0.701. The Morgan fingerprint density at radius 2 is 2.13 bits per heavy atom. The normalized spacial score (nSPS) is 29.9. The van der Waals surface area contributed by atoms with Gasteiger partial charge in [0.2, 0.25) is 5.91 Å². The Bertz CT molecular complexity index is 388. The van der Waals surface area contributed by atoms with Gasteiger partial charge in [-0.05, 0) is 37.3 Å². The lowest BCUT2D eigenvalue weighted by Gasteiger charge is -2.43. The highest BCUT2D eigenvalue weighted by Gasteiger charge is 2.43. The Kier molecular flexibility index (Phi) is 1.87. The summed E-state index contributed by atoms with van der Waals surface area (Å²) in [4.78, 5) is 14.0. The number of hydrogen-bond donors (Lipinski definition) is 0. The Hall–Kier alpha value is -1.25. The lowest BCUT2D eigenvalue weighted by atomic mass is 9.77. The van der Waals surface area contributed by atoms with E-state index in [4.69, 9.17) is 4.42 Å². The first-order valence-corrected chi connectivity index (χ1v) is 5.59. The lowest BCUT2D eigenvalue weighted by Crippen LogP contribution is -2.50. The summed E-state index contributed by atoms with van der Waals surface area (Å²) in [6.45, 7) is 3.89. The summed E-state index contributed by atoms with van der Waals surface area (Å²) in [5, 5.41) is 0. The third-order valence-corrected chi connectivity index (χ3v) is 3.65. The molecular formula is C12H15NO2. The summed E-state index contributed by atoms with van der Waals surface area (Å²) in [6, 6.07) is 2.00. The fourth-order valence-electron chi connectivity index (χ4n) is 2.82. The smallest absolute Gasteiger partial charge is 0.233 e. The molecule has 3 aliphatic heterocycles. The predicted octanol–water partition coefficient (Wildman–Crippen LogP) is 1.92. The highest BCUT2D eigenvalue weighted by molar-refractivity contribution is 5.85. The molecule has 0 radical (unpaired) electrons. The number of hydrogen-bond acceptors (Lipinski definition) is 2. The molecule has 1 aromatic heterocycles. The molecule has 3 aliphatic rings. The first kappa shape index (κ1) is 9.01. The molecule has 0 saturated carbocycles. The van der Waals surface area contributed by atoms with Crippen molar-refractivity contribution in [2.75, 3.05) is 13.1 Å². The van der Waals surface area contributed by atoms with Crippen LogP contribution < -0.4 is 0 Å². The van der Waals surface area contributed by atoms with Crippen LogP contribution in [0.4, 0.5) is 0 Å². The van der Waals surface area contributed by atoms with Gasteiger partial charge in [0, 0.05) is 13.1 Å². The van der Waals surface area contributed by atoms with E-state index >= 15 is 0 Å². The number of furan rings is 1. The largest absolute Gasteiger partial charge is 0.468 e. The molecule has 3 nitrogen and oxygen atoms in total. The molecule has 1 atom stereocenters. The van der Waals surface area contributed by atoms with Crippen LogP contribution in [0.15, 0.2) is 16.7 Å². The van der Waals surface area contributed by atoms with Crippen molar-refractivity contribution >= 4 is 5.91 Å². The molecule has 3 fully saturated rings. The molecule has 80 valence electrons. The van der Waals surface area contributed by atoms with Gasteiger partial charge in [-0.1, -0.05) is 0 Å². The Balaban J connectivity index is 1.95. The fourth-order valence-corrected chi connectivity index (χ4v) is 2.82. The van der Waals surface area contributed by atoms with Crippen molar-refractivity contribution in [1.82, 2.24) is 4.90 Å². The van der Waals surface area contributed by atoms with Crippen molar-refractivity contribution in [2.45, 2.75) is 25.7 Å². The highest BCUT2D eigenvalue weighted by atomic mass is 16.3. The van der Waals surface area contributed by atoms with Gasteiger partial charge in [-0.25, -0.2) is 0 Å². The second-order valence-electron chi connectivity index (χ2n) is 4.67. The molecule has 1 aromatic rings. The standard InChI is InChI=1S/C12H15NO2/c1-8-6-10(15-7-8)11-9-2-4-13(5-3-9)12(11)14/h6-7,9,11H,2-5H2,1H3. The maximum absolute atomic E-state index is 12.1. The molecule has 4 heterocycles. The van der Waals surface area contributed by atoms with Crippen LogP contribution in [0.1, 0.15) is 30.1 Å². The van der Waals surface area contributed by atoms with Crippen LogP contribution in [0.2, 0.25) is 0 Å². The van der Waals surface area contributed by atoms with E-state index in [1.165, 1.54) is 0 Å². The molecule has 0 aliphatic carbocycles. The van der Waals surface area contributed by atoms with Gasteiger partial charge in [0.25, 0.3) is 0 Å². The number of nitrogens with zero attached hydrogens (tertiary/aromatic N) is 1. The highest BCUT2D eigenvalue weighted by Crippen LogP contribution is 2.40. The van der Waals surface area contributed by atoms with Gasteiger partial charge >= 0.3 is 0 Å². The Labute approximate surface area is 89.1 Å². The molecule has 3 heteroatoms. The van der Waals surface area contributed by atoms with E-state index in [1.54, 1.807) is 6.26 Å². The zero-order valence-electron chi connectivity index (χ0n) is 8.90. The summed E-state index contributed by atoms with van der Waals surface area (Å²) < 4.78 is 5.48. The zero-order valence-corrected chi connectivity index (χ0v) is 8.90. The van der Waals surface area contributed by atoms with Crippen LogP contribution in [0, 0.1) is 12.8 Å². The molecule has 1 unspecified atom stereocenters. The third kappa shape index (κ3) is 1.29. The van der Waals surface area contributed by atoms with E-state index < -0.39 is 0 Å². The second-order valence-corrected chi connectivity index (χ2v) is 4.67. The van der Waals surface area contributed by atoms with Crippen molar-refractivity contribution in [3.8, 4) is 0 Å². The van der Waals surface area contributed by atoms with Gasteiger partial charge in [0.1, 0.15) is 5.76 Å². The van der Waals surface area contributed by atoms with Crippen molar-refractivity contribution < 1.29 is 9.21 Å². The summed E-state index contributed by atoms with van der Waals surface area (Å²) in [6.07, 6.45) is 4.01. The first-order chi connectivity index (χ1) is 7.25. The van der Waals surface area contributed by atoms with Crippen LogP contribution in [0.3, 0.4) is 0 Å². The number of carbonyl (C=O) groups excluding carboxylic acids is 1. The lowest BCUT2D eigenvalue weighted by molar-refractivity contribution is -0.142. The Morgan fingerprint density at radius 1 is 1.40 bits per heavy atom. The van der Waals surface area contributed by atoms with Crippen LogP contribution in [0.25, 0.3) is 0 Å². The fraction of sp³-hybridized carbons (Fsp3) is 0.583. The SMILES string of the molecule is Cc1coc(C2C(=O)N3CCC2CC3)c1. The van der Waals surface area contributed by atoms with Crippen molar-refractivity contribution in [3.63, 3.8) is 0 Å². The minimum atomic E-state index is 0.00111. The molecule has 0 N–H and O–H groups in total. The summed E-state index contributed by atoms with van der Waals surface area (Å²) in [5.41, 5.74) is 1.11. The van der Waals surface area contributed by atoms with E-state index in [2.05, 4.69) is 0 Å². The molecule has 15 heavy (non-hydrogen) atoms. The minimum absolute atomic E-state index is 0.00111. The second kappa shape index (κ2) is 3.12. The van der Waals surface area contributed by atoms with Crippen LogP contribution in [-0.2, 0) is 4.79 Å². The topological polar surface area (TPSA) is 33.5 Å². The summed E-state index contributed by atoms with van der Waals surface area (Å²) >= 11 is 0. The van der Waals surface area contributed by atoms with Crippen molar-refractivity contribution in [3.05, 3.63) is 23.7 Å². The van der Waals surface area contributed by atoms with Crippen molar-refractivity contribution in [2.24, 2.45) is 5.92 Å². The van der Waals surface area contributed by atoms with E-state index in [0.29, 0.717) is 5.92 Å². The number of aryl methyl sites for hydroxylation is 1. The first-order valence-electron chi connectivity index (χ1n) is 5.59. The summed E-state index contributed by atoms with van der Waals surface area (Å²) in [5.74, 6) is 1.65. The van der Waals surface area contributed by atoms with Gasteiger partial charge in [-0.15, -0.1) is 0 Å². The molecule has 4 rings (SSSR count). The summed E-state index contributed by atoms with van der Waals surface area (Å²) in [7, 11) is 0. The average molecular weight is 205 g/mol. The zero-order chi connectivity index (χ0) is 10.4. The maximum Gasteiger partial charge on any atom is 0.233 e. The average Bonchev–Trinajstić information content (AvgIpc) is 2.66.